The molecule has 0 fully saturated rings. The lowest BCUT2D eigenvalue weighted by atomic mass is 10.0. The summed E-state index contributed by atoms with van der Waals surface area (Å²) in [5.74, 6) is 0. The number of non-ortho nitro benzene ring substituents is 1. The first-order valence-electron chi connectivity index (χ1n) is 7.33. The number of aromatic nitrogens is 2. The lowest BCUT2D eigenvalue weighted by molar-refractivity contribution is -0.384. The van der Waals surface area contributed by atoms with Crippen LogP contribution in [0.5, 0.6) is 0 Å². The number of hydrogen-bond acceptors (Lipinski definition) is 6. The third kappa shape index (κ3) is 4.35. The number of nitrogens with zero attached hydrogens (tertiary/aromatic N) is 3. The van der Waals surface area contributed by atoms with Crippen molar-refractivity contribution in [1.82, 2.24) is 15.1 Å². The minimum Gasteiger partial charge on any atom is -0.395 e. The smallest absolute Gasteiger partial charge is 0.269 e. The van der Waals surface area contributed by atoms with Crippen LogP contribution >= 0.6 is 0 Å². The predicted octanol–water partition coefficient (Wildman–Crippen LogP) is 0.995. The Morgan fingerprint density at radius 1 is 1.39 bits per heavy atom. The summed E-state index contributed by atoms with van der Waals surface area (Å²) in [5, 5.41) is 37.7. The molecule has 2 atom stereocenters. The van der Waals surface area contributed by atoms with Gasteiger partial charge in [-0.1, -0.05) is 0 Å². The van der Waals surface area contributed by atoms with Crippen molar-refractivity contribution in [3.63, 3.8) is 0 Å². The number of nitro benzene ring substituents is 1. The van der Waals surface area contributed by atoms with E-state index in [4.69, 9.17) is 0 Å². The van der Waals surface area contributed by atoms with Crippen LogP contribution in [0.2, 0.25) is 0 Å². The number of aryl methyl sites for hydroxylation is 1. The van der Waals surface area contributed by atoms with Gasteiger partial charge in [0.25, 0.3) is 5.69 Å². The van der Waals surface area contributed by atoms with E-state index in [2.05, 4.69) is 10.4 Å². The molecule has 1 aromatic carbocycles. The first-order valence-corrected chi connectivity index (χ1v) is 7.33. The molecule has 0 aliphatic carbocycles. The maximum absolute atomic E-state index is 10.6. The maximum Gasteiger partial charge on any atom is 0.269 e. The average molecular weight is 320 g/mol. The minimum atomic E-state index is -0.970. The number of benzene rings is 1. The van der Waals surface area contributed by atoms with Gasteiger partial charge in [-0.05, 0) is 24.6 Å². The van der Waals surface area contributed by atoms with Gasteiger partial charge in [-0.15, -0.1) is 0 Å². The highest BCUT2D eigenvalue weighted by molar-refractivity contribution is 5.34. The van der Waals surface area contributed by atoms with E-state index in [1.165, 1.54) is 24.3 Å². The fraction of sp³-hybridized carbons (Fsp3) is 0.400. The van der Waals surface area contributed by atoms with Crippen LogP contribution in [0.4, 0.5) is 5.69 Å². The van der Waals surface area contributed by atoms with E-state index in [9.17, 15) is 20.3 Å². The average Bonchev–Trinajstić information content (AvgIpc) is 3.03. The number of nitro groups is 1. The Balaban J connectivity index is 1.99. The second-order valence-corrected chi connectivity index (χ2v) is 5.17. The Kier molecular flexibility index (Phi) is 5.80. The zero-order valence-corrected chi connectivity index (χ0v) is 12.8. The fourth-order valence-electron chi connectivity index (χ4n) is 2.22. The van der Waals surface area contributed by atoms with E-state index in [0.29, 0.717) is 12.1 Å². The Morgan fingerprint density at radius 2 is 2.09 bits per heavy atom. The quantitative estimate of drug-likeness (QED) is 0.494. The molecule has 0 amide bonds. The molecule has 1 aromatic heterocycles. The molecule has 2 unspecified atom stereocenters. The highest BCUT2D eigenvalue weighted by atomic mass is 16.6. The van der Waals surface area contributed by atoms with Gasteiger partial charge in [0.05, 0.1) is 29.9 Å². The largest absolute Gasteiger partial charge is 0.395 e. The third-order valence-corrected chi connectivity index (χ3v) is 3.60. The van der Waals surface area contributed by atoms with Crippen molar-refractivity contribution in [2.75, 3.05) is 6.61 Å². The van der Waals surface area contributed by atoms with Gasteiger partial charge >= 0.3 is 0 Å². The van der Waals surface area contributed by atoms with Crippen molar-refractivity contribution in [1.29, 1.82) is 0 Å². The molecule has 2 aromatic rings. The summed E-state index contributed by atoms with van der Waals surface area (Å²) in [5.41, 5.74) is 1.41. The maximum atomic E-state index is 10.6. The Bertz CT molecular complexity index is 641. The van der Waals surface area contributed by atoms with Gasteiger partial charge in [-0.2, -0.15) is 5.10 Å². The van der Waals surface area contributed by atoms with Crippen molar-refractivity contribution in [2.45, 2.75) is 32.2 Å². The number of aliphatic hydroxyl groups excluding tert-OH is 2. The third-order valence-electron chi connectivity index (χ3n) is 3.60. The molecular formula is C15H20N4O4. The Morgan fingerprint density at radius 3 is 2.61 bits per heavy atom. The van der Waals surface area contributed by atoms with Crippen LogP contribution < -0.4 is 5.32 Å². The standard InChI is InChI=1S/C15H20N4O4/c1-2-18-9-11(8-17-18)7-16-14(10-20)15(21)12-3-5-13(6-4-12)19(22)23/h3-6,8-9,14-16,20-21H,2,7,10H2,1H3. The molecule has 0 spiro atoms. The van der Waals surface area contributed by atoms with E-state index in [1.807, 2.05) is 13.1 Å². The summed E-state index contributed by atoms with van der Waals surface area (Å²) in [6.07, 6.45) is 2.64. The summed E-state index contributed by atoms with van der Waals surface area (Å²) in [6.45, 7) is 2.95. The minimum absolute atomic E-state index is 0.0403. The van der Waals surface area contributed by atoms with E-state index in [-0.39, 0.29) is 12.3 Å². The Hall–Kier alpha value is -2.29. The number of rotatable bonds is 8. The zero-order chi connectivity index (χ0) is 16.8. The summed E-state index contributed by atoms with van der Waals surface area (Å²) in [7, 11) is 0. The van der Waals surface area contributed by atoms with Gasteiger partial charge in [0, 0.05) is 37.0 Å². The molecule has 0 radical (unpaired) electrons. The molecule has 8 nitrogen and oxygen atoms in total. The number of aliphatic hydroxyl groups is 2. The molecule has 8 heteroatoms. The fourth-order valence-corrected chi connectivity index (χ4v) is 2.22. The van der Waals surface area contributed by atoms with Crippen molar-refractivity contribution < 1.29 is 15.1 Å². The normalized spacial score (nSPS) is 13.7. The zero-order valence-electron chi connectivity index (χ0n) is 12.8. The number of hydrogen-bond donors (Lipinski definition) is 3. The van der Waals surface area contributed by atoms with Gasteiger partial charge in [-0.3, -0.25) is 14.8 Å². The van der Waals surface area contributed by atoms with Gasteiger partial charge in [0.15, 0.2) is 0 Å². The second-order valence-electron chi connectivity index (χ2n) is 5.17. The van der Waals surface area contributed by atoms with Crippen LogP contribution in [0.3, 0.4) is 0 Å². The lowest BCUT2D eigenvalue weighted by Crippen LogP contribution is -2.37. The van der Waals surface area contributed by atoms with Crippen LogP contribution in [0.15, 0.2) is 36.7 Å². The summed E-state index contributed by atoms with van der Waals surface area (Å²) < 4.78 is 1.79. The number of nitrogens with one attached hydrogen (secondary N) is 1. The van der Waals surface area contributed by atoms with Crippen LogP contribution in [0, 0.1) is 10.1 Å². The lowest BCUT2D eigenvalue weighted by Gasteiger charge is -2.22. The molecule has 124 valence electrons. The summed E-state index contributed by atoms with van der Waals surface area (Å²) in [6, 6.07) is 5.06. The SMILES string of the molecule is CCn1cc(CNC(CO)C(O)c2ccc([N+](=O)[O-])cc2)cn1. The molecule has 1 heterocycles. The van der Waals surface area contributed by atoms with Gasteiger partial charge < -0.3 is 15.5 Å². The monoisotopic (exact) mass is 320 g/mol. The Labute approximate surface area is 133 Å². The molecule has 0 saturated carbocycles. The van der Waals surface area contributed by atoms with Gasteiger partial charge in [0.1, 0.15) is 0 Å². The van der Waals surface area contributed by atoms with E-state index in [0.717, 1.165) is 12.1 Å². The summed E-state index contributed by atoms with van der Waals surface area (Å²) >= 11 is 0. The van der Waals surface area contributed by atoms with Crippen molar-refractivity contribution in [3.8, 4) is 0 Å². The van der Waals surface area contributed by atoms with Crippen LogP contribution in [-0.4, -0.2) is 37.6 Å². The highest BCUT2D eigenvalue weighted by Gasteiger charge is 2.20. The topological polar surface area (TPSA) is 113 Å². The van der Waals surface area contributed by atoms with Crippen LogP contribution in [0.1, 0.15) is 24.2 Å². The second kappa shape index (κ2) is 7.82. The molecule has 0 bridgehead atoms. The van der Waals surface area contributed by atoms with Crippen molar-refractivity contribution in [3.05, 3.63) is 57.9 Å². The molecular weight excluding hydrogens is 300 g/mol. The molecule has 3 N–H and O–H groups in total. The molecule has 0 aliphatic rings. The first kappa shape index (κ1) is 17.1. The molecule has 0 saturated heterocycles. The predicted molar refractivity (Wildman–Crippen MR) is 83.7 cm³/mol. The van der Waals surface area contributed by atoms with E-state index in [1.54, 1.807) is 10.9 Å². The molecule has 2 rings (SSSR count). The van der Waals surface area contributed by atoms with Crippen molar-refractivity contribution in [2.24, 2.45) is 0 Å². The summed E-state index contributed by atoms with van der Waals surface area (Å²) in [4.78, 5) is 10.1. The molecule has 0 aliphatic heterocycles. The van der Waals surface area contributed by atoms with E-state index >= 15 is 0 Å². The van der Waals surface area contributed by atoms with Crippen LogP contribution in [-0.2, 0) is 13.1 Å². The molecule has 23 heavy (non-hydrogen) atoms. The van der Waals surface area contributed by atoms with Crippen LogP contribution in [0.25, 0.3) is 0 Å². The highest BCUT2D eigenvalue weighted by Crippen LogP contribution is 2.20. The van der Waals surface area contributed by atoms with Gasteiger partial charge in [-0.25, -0.2) is 0 Å². The van der Waals surface area contributed by atoms with Crippen molar-refractivity contribution >= 4 is 5.69 Å². The first-order chi connectivity index (χ1) is 11.0. The van der Waals surface area contributed by atoms with E-state index < -0.39 is 17.1 Å². The van der Waals surface area contributed by atoms with Gasteiger partial charge in [0.2, 0.25) is 0 Å².